The third-order valence-electron chi connectivity index (χ3n) is 2.33. The van der Waals surface area contributed by atoms with Gasteiger partial charge in [0.25, 0.3) is 0 Å². The van der Waals surface area contributed by atoms with Crippen LogP contribution in [0.2, 0.25) is 0 Å². The van der Waals surface area contributed by atoms with Crippen molar-refractivity contribution < 1.29 is 9.90 Å². The molecule has 5 heteroatoms. The van der Waals surface area contributed by atoms with Crippen molar-refractivity contribution in [2.24, 2.45) is 0 Å². The molecule has 0 atom stereocenters. The minimum atomic E-state index is -0.375. The van der Waals surface area contributed by atoms with Crippen molar-refractivity contribution in [3.05, 3.63) is 54.4 Å². The standard InChI is InChI=1S/C13H13N3O2/c17-12-6-2-1-5-11(12)16-13(18)15-9-10-4-3-7-14-8-10/h1-8,17H,9H2,(H2,15,16,18). The molecule has 0 aliphatic carbocycles. The molecular formula is C13H13N3O2. The van der Waals surface area contributed by atoms with Gasteiger partial charge in [0.15, 0.2) is 0 Å². The van der Waals surface area contributed by atoms with E-state index < -0.39 is 0 Å². The Hall–Kier alpha value is -2.56. The monoisotopic (exact) mass is 243 g/mol. The highest BCUT2D eigenvalue weighted by Gasteiger charge is 2.04. The van der Waals surface area contributed by atoms with E-state index in [0.717, 1.165) is 5.56 Å². The Morgan fingerprint density at radius 2 is 2.06 bits per heavy atom. The molecule has 92 valence electrons. The Bertz CT molecular complexity index is 529. The number of amides is 2. The van der Waals surface area contributed by atoms with Crippen LogP contribution in [0.1, 0.15) is 5.56 Å². The summed E-state index contributed by atoms with van der Waals surface area (Å²) in [7, 11) is 0. The Kier molecular flexibility index (Phi) is 3.76. The Labute approximate surface area is 104 Å². The predicted molar refractivity (Wildman–Crippen MR) is 68.2 cm³/mol. The van der Waals surface area contributed by atoms with Crippen LogP contribution in [0.15, 0.2) is 48.8 Å². The molecule has 18 heavy (non-hydrogen) atoms. The number of pyridine rings is 1. The first-order chi connectivity index (χ1) is 8.75. The van der Waals surface area contributed by atoms with Gasteiger partial charge in [0.1, 0.15) is 5.75 Å². The number of phenolic OH excluding ortho intramolecular Hbond substituents is 1. The zero-order chi connectivity index (χ0) is 12.8. The second-order valence-corrected chi connectivity index (χ2v) is 3.69. The van der Waals surface area contributed by atoms with Crippen molar-refractivity contribution in [2.45, 2.75) is 6.54 Å². The van der Waals surface area contributed by atoms with Gasteiger partial charge in [-0.25, -0.2) is 4.79 Å². The quantitative estimate of drug-likeness (QED) is 0.723. The van der Waals surface area contributed by atoms with Crippen LogP contribution in [0.5, 0.6) is 5.75 Å². The summed E-state index contributed by atoms with van der Waals surface area (Å²) in [6, 6.07) is 9.85. The Balaban J connectivity index is 1.88. The molecule has 0 aliphatic rings. The van der Waals surface area contributed by atoms with E-state index in [1.807, 2.05) is 6.07 Å². The van der Waals surface area contributed by atoms with Gasteiger partial charge in [-0.05, 0) is 23.8 Å². The van der Waals surface area contributed by atoms with Crippen LogP contribution in [-0.2, 0) is 6.54 Å². The lowest BCUT2D eigenvalue weighted by Gasteiger charge is -2.08. The lowest BCUT2D eigenvalue weighted by Crippen LogP contribution is -2.28. The smallest absolute Gasteiger partial charge is 0.319 e. The van der Waals surface area contributed by atoms with E-state index in [-0.39, 0.29) is 11.8 Å². The van der Waals surface area contributed by atoms with Crippen LogP contribution in [0.4, 0.5) is 10.5 Å². The van der Waals surface area contributed by atoms with Gasteiger partial charge in [0.05, 0.1) is 5.69 Å². The molecule has 0 fully saturated rings. The van der Waals surface area contributed by atoms with E-state index >= 15 is 0 Å². The molecule has 1 aromatic heterocycles. The normalized spacial score (nSPS) is 9.78. The predicted octanol–water partition coefficient (Wildman–Crippen LogP) is 2.11. The largest absolute Gasteiger partial charge is 0.506 e. The number of rotatable bonds is 3. The lowest BCUT2D eigenvalue weighted by atomic mass is 10.3. The number of hydrogen-bond acceptors (Lipinski definition) is 3. The summed E-state index contributed by atoms with van der Waals surface area (Å²) in [5.74, 6) is 0.0361. The number of aromatic hydroxyl groups is 1. The van der Waals surface area contributed by atoms with Crippen molar-refractivity contribution in [1.29, 1.82) is 0 Å². The van der Waals surface area contributed by atoms with Crippen LogP contribution < -0.4 is 10.6 Å². The van der Waals surface area contributed by atoms with Crippen molar-refractivity contribution in [3.8, 4) is 5.75 Å². The molecule has 3 N–H and O–H groups in total. The topological polar surface area (TPSA) is 74.2 Å². The zero-order valence-corrected chi connectivity index (χ0v) is 9.63. The average molecular weight is 243 g/mol. The summed E-state index contributed by atoms with van der Waals surface area (Å²) in [5, 5.41) is 14.7. The number of urea groups is 1. The third kappa shape index (κ3) is 3.21. The van der Waals surface area contributed by atoms with Gasteiger partial charge >= 0.3 is 6.03 Å². The number of anilines is 1. The molecule has 0 spiro atoms. The van der Waals surface area contributed by atoms with E-state index in [0.29, 0.717) is 12.2 Å². The van der Waals surface area contributed by atoms with Crippen molar-refractivity contribution in [2.75, 3.05) is 5.32 Å². The fourth-order valence-corrected chi connectivity index (χ4v) is 1.43. The lowest BCUT2D eigenvalue weighted by molar-refractivity contribution is 0.251. The minimum Gasteiger partial charge on any atom is -0.506 e. The number of para-hydroxylation sites is 2. The fraction of sp³-hybridized carbons (Fsp3) is 0.0769. The van der Waals surface area contributed by atoms with E-state index in [1.165, 1.54) is 6.07 Å². The van der Waals surface area contributed by atoms with Crippen molar-refractivity contribution >= 4 is 11.7 Å². The first-order valence-electron chi connectivity index (χ1n) is 5.47. The van der Waals surface area contributed by atoms with Gasteiger partial charge in [-0.2, -0.15) is 0 Å². The van der Waals surface area contributed by atoms with Crippen LogP contribution in [0.25, 0.3) is 0 Å². The molecule has 0 saturated carbocycles. The number of hydrogen-bond donors (Lipinski definition) is 3. The highest BCUT2D eigenvalue weighted by Crippen LogP contribution is 2.21. The molecule has 2 rings (SSSR count). The van der Waals surface area contributed by atoms with E-state index in [9.17, 15) is 9.90 Å². The summed E-state index contributed by atoms with van der Waals surface area (Å²) < 4.78 is 0. The number of carbonyl (C=O) groups is 1. The SMILES string of the molecule is O=C(NCc1cccnc1)Nc1ccccc1O. The molecule has 2 aromatic rings. The highest BCUT2D eigenvalue weighted by molar-refractivity contribution is 5.90. The number of benzene rings is 1. The summed E-state index contributed by atoms with van der Waals surface area (Å²) in [6.45, 7) is 0.382. The molecule has 1 heterocycles. The zero-order valence-electron chi connectivity index (χ0n) is 9.63. The first-order valence-corrected chi connectivity index (χ1v) is 5.47. The highest BCUT2D eigenvalue weighted by atomic mass is 16.3. The van der Waals surface area contributed by atoms with Crippen molar-refractivity contribution in [1.82, 2.24) is 10.3 Å². The summed E-state index contributed by atoms with van der Waals surface area (Å²) >= 11 is 0. The van der Waals surface area contributed by atoms with Gasteiger partial charge in [0.2, 0.25) is 0 Å². The van der Waals surface area contributed by atoms with E-state index in [4.69, 9.17) is 0 Å². The number of carbonyl (C=O) groups excluding carboxylic acids is 1. The average Bonchev–Trinajstić information content (AvgIpc) is 2.40. The van der Waals surface area contributed by atoms with Crippen LogP contribution >= 0.6 is 0 Å². The molecule has 2 amide bonds. The maximum atomic E-state index is 11.6. The van der Waals surface area contributed by atoms with Gasteiger partial charge in [0, 0.05) is 18.9 Å². The summed E-state index contributed by atoms with van der Waals surface area (Å²) in [6.07, 6.45) is 3.35. The van der Waals surface area contributed by atoms with E-state index in [1.54, 1.807) is 36.7 Å². The van der Waals surface area contributed by atoms with E-state index in [2.05, 4.69) is 15.6 Å². The van der Waals surface area contributed by atoms with Gasteiger partial charge in [-0.3, -0.25) is 4.98 Å². The summed E-state index contributed by atoms with van der Waals surface area (Å²) in [4.78, 5) is 15.5. The molecule has 0 aliphatic heterocycles. The number of aromatic nitrogens is 1. The molecular weight excluding hydrogens is 230 g/mol. The Morgan fingerprint density at radius 3 is 2.78 bits per heavy atom. The van der Waals surface area contributed by atoms with Gasteiger partial charge < -0.3 is 15.7 Å². The van der Waals surface area contributed by atoms with Crippen LogP contribution in [0.3, 0.4) is 0 Å². The first kappa shape index (κ1) is 11.9. The van der Waals surface area contributed by atoms with Crippen molar-refractivity contribution in [3.63, 3.8) is 0 Å². The third-order valence-corrected chi connectivity index (χ3v) is 2.33. The second kappa shape index (κ2) is 5.67. The minimum absolute atomic E-state index is 0.0361. The molecule has 1 aromatic carbocycles. The molecule has 0 saturated heterocycles. The molecule has 5 nitrogen and oxygen atoms in total. The van der Waals surface area contributed by atoms with Crippen LogP contribution in [-0.4, -0.2) is 16.1 Å². The molecule has 0 unspecified atom stereocenters. The Morgan fingerprint density at radius 1 is 1.22 bits per heavy atom. The van der Waals surface area contributed by atoms with Gasteiger partial charge in [-0.15, -0.1) is 0 Å². The molecule has 0 bridgehead atoms. The fourth-order valence-electron chi connectivity index (χ4n) is 1.43. The maximum Gasteiger partial charge on any atom is 0.319 e. The maximum absolute atomic E-state index is 11.6. The summed E-state index contributed by atoms with van der Waals surface area (Å²) in [5.41, 5.74) is 1.28. The van der Waals surface area contributed by atoms with Crippen LogP contribution in [0, 0.1) is 0 Å². The number of phenols is 1. The molecule has 0 radical (unpaired) electrons. The number of nitrogens with zero attached hydrogens (tertiary/aromatic N) is 1. The second-order valence-electron chi connectivity index (χ2n) is 3.69. The van der Waals surface area contributed by atoms with Gasteiger partial charge in [-0.1, -0.05) is 18.2 Å². The number of nitrogens with one attached hydrogen (secondary N) is 2.